The Morgan fingerprint density at radius 1 is 1.00 bits per heavy atom. The van der Waals surface area contributed by atoms with Gasteiger partial charge in [-0.25, -0.2) is 4.39 Å². The second-order valence-electron chi connectivity index (χ2n) is 6.10. The van der Waals surface area contributed by atoms with Crippen LogP contribution in [0.25, 0.3) is 0 Å². The van der Waals surface area contributed by atoms with E-state index in [9.17, 15) is 14.0 Å². The minimum absolute atomic E-state index is 0.0981. The van der Waals surface area contributed by atoms with E-state index in [1.54, 1.807) is 12.1 Å². The molecule has 4 heteroatoms. The van der Waals surface area contributed by atoms with Crippen LogP contribution in [0.5, 0.6) is 0 Å². The molecule has 0 saturated carbocycles. The third kappa shape index (κ3) is 5.52. The van der Waals surface area contributed by atoms with Crippen LogP contribution in [0.2, 0.25) is 0 Å². The quantitative estimate of drug-likeness (QED) is 0.730. The number of ketones is 1. The van der Waals surface area contributed by atoms with Crippen molar-refractivity contribution in [3.63, 3.8) is 0 Å². The van der Waals surface area contributed by atoms with Gasteiger partial charge in [0.25, 0.3) is 0 Å². The van der Waals surface area contributed by atoms with Gasteiger partial charge in [-0.05, 0) is 41.7 Å². The lowest BCUT2D eigenvalue weighted by Crippen LogP contribution is -2.24. The third-order valence-corrected chi connectivity index (χ3v) is 4.10. The Kier molecular flexibility index (Phi) is 6.87. The minimum atomic E-state index is -0.292. The Balaban J connectivity index is 1.98. The van der Waals surface area contributed by atoms with Crippen LogP contribution in [0.3, 0.4) is 0 Å². The molecular weight excluding hydrogens is 317 g/mol. The van der Waals surface area contributed by atoms with Crippen LogP contribution in [0.15, 0.2) is 42.5 Å². The van der Waals surface area contributed by atoms with Crippen LogP contribution >= 0.6 is 0 Å². The first-order chi connectivity index (χ1) is 12.0. The fourth-order valence-corrected chi connectivity index (χ4v) is 2.73. The lowest BCUT2D eigenvalue weighted by atomic mass is 9.96. The van der Waals surface area contributed by atoms with Crippen molar-refractivity contribution in [1.29, 1.82) is 0 Å². The van der Waals surface area contributed by atoms with Gasteiger partial charge in [-0.1, -0.05) is 44.2 Å². The van der Waals surface area contributed by atoms with Gasteiger partial charge in [0.1, 0.15) is 5.82 Å². The maximum atomic E-state index is 12.9. The van der Waals surface area contributed by atoms with Gasteiger partial charge >= 0.3 is 0 Å². The molecule has 0 unspecified atom stereocenters. The second kappa shape index (κ2) is 9.11. The van der Waals surface area contributed by atoms with Crippen LogP contribution in [0.1, 0.15) is 53.7 Å². The summed E-state index contributed by atoms with van der Waals surface area (Å²) in [5, 5.41) is 2.83. The first kappa shape index (κ1) is 18.8. The van der Waals surface area contributed by atoms with Crippen LogP contribution < -0.4 is 5.32 Å². The van der Waals surface area contributed by atoms with E-state index in [4.69, 9.17) is 0 Å². The van der Waals surface area contributed by atoms with Crippen molar-refractivity contribution in [3.05, 3.63) is 70.5 Å². The molecule has 132 valence electrons. The molecule has 25 heavy (non-hydrogen) atoms. The highest BCUT2D eigenvalue weighted by molar-refractivity contribution is 5.97. The average Bonchev–Trinajstić information content (AvgIpc) is 2.61. The van der Waals surface area contributed by atoms with Gasteiger partial charge in [-0.2, -0.15) is 0 Å². The summed E-state index contributed by atoms with van der Waals surface area (Å²) in [6, 6.07) is 11.7. The highest BCUT2D eigenvalue weighted by Crippen LogP contribution is 2.16. The second-order valence-corrected chi connectivity index (χ2v) is 6.10. The van der Waals surface area contributed by atoms with Crippen LogP contribution in [-0.4, -0.2) is 11.7 Å². The highest BCUT2D eigenvalue weighted by atomic mass is 19.1. The summed E-state index contributed by atoms with van der Waals surface area (Å²) in [7, 11) is 0. The maximum Gasteiger partial charge on any atom is 0.224 e. The SMILES string of the molecule is CCCC(=O)c1ccc(CC(=O)NCc2ccc(F)cc2)cc1CC. The molecule has 1 N–H and O–H groups in total. The standard InChI is InChI=1S/C21H24FNO2/c1-3-5-20(24)19-11-8-16(12-17(19)4-2)13-21(25)23-14-15-6-9-18(22)10-7-15/h6-12H,3-5,13-14H2,1-2H3,(H,23,25). The first-order valence-corrected chi connectivity index (χ1v) is 8.69. The van der Waals surface area contributed by atoms with Crippen molar-refractivity contribution in [3.8, 4) is 0 Å². The molecule has 0 aliphatic carbocycles. The minimum Gasteiger partial charge on any atom is -0.352 e. The monoisotopic (exact) mass is 341 g/mol. The smallest absolute Gasteiger partial charge is 0.224 e. The molecule has 0 bridgehead atoms. The number of rotatable bonds is 8. The summed E-state index contributed by atoms with van der Waals surface area (Å²) in [6.45, 7) is 4.37. The normalized spacial score (nSPS) is 10.5. The Morgan fingerprint density at radius 3 is 2.32 bits per heavy atom. The van der Waals surface area contributed by atoms with Crippen LogP contribution in [0.4, 0.5) is 4.39 Å². The molecule has 0 atom stereocenters. The third-order valence-electron chi connectivity index (χ3n) is 4.10. The lowest BCUT2D eigenvalue weighted by Gasteiger charge is -2.10. The number of benzene rings is 2. The van der Waals surface area contributed by atoms with Gasteiger partial charge in [0.05, 0.1) is 6.42 Å². The molecule has 1 amide bonds. The van der Waals surface area contributed by atoms with E-state index in [1.165, 1.54) is 12.1 Å². The Bertz CT molecular complexity index is 738. The molecule has 0 aromatic heterocycles. The van der Waals surface area contributed by atoms with Gasteiger partial charge in [0, 0.05) is 18.5 Å². The van der Waals surface area contributed by atoms with Gasteiger partial charge in [-0.15, -0.1) is 0 Å². The molecule has 0 aliphatic rings. The predicted octanol–water partition coefficient (Wildman–Crippen LogP) is 4.23. The average molecular weight is 341 g/mol. The molecule has 2 aromatic rings. The summed E-state index contributed by atoms with van der Waals surface area (Å²) in [5.41, 5.74) is 3.49. The molecule has 2 aromatic carbocycles. The molecule has 2 rings (SSSR count). The number of carbonyl (C=O) groups excluding carboxylic acids is 2. The summed E-state index contributed by atoms with van der Waals surface area (Å²) in [4.78, 5) is 24.3. The number of halogens is 1. The van der Waals surface area contributed by atoms with Gasteiger partial charge in [-0.3, -0.25) is 9.59 Å². The largest absolute Gasteiger partial charge is 0.352 e. The predicted molar refractivity (Wildman–Crippen MR) is 97.0 cm³/mol. The summed E-state index contributed by atoms with van der Waals surface area (Å²) in [5.74, 6) is -0.231. The van der Waals surface area contributed by atoms with Crippen molar-refractivity contribution in [1.82, 2.24) is 5.32 Å². The Morgan fingerprint density at radius 2 is 1.68 bits per heavy atom. The zero-order valence-electron chi connectivity index (χ0n) is 14.8. The number of hydrogen-bond acceptors (Lipinski definition) is 2. The molecule has 0 spiro atoms. The van der Waals surface area contributed by atoms with Crippen molar-refractivity contribution in [2.45, 2.75) is 46.1 Å². The fraction of sp³-hybridized carbons (Fsp3) is 0.333. The first-order valence-electron chi connectivity index (χ1n) is 8.69. The number of Topliss-reactive ketones (excluding diaryl/α,β-unsaturated/α-hetero) is 1. The molecule has 3 nitrogen and oxygen atoms in total. The number of hydrogen-bond donors (Lipinski definition) is 1. The fourth-order valence-electron chi connectivity index (χ4n) is 2.73. The maximum absolute atomic E-state index is 12.9. The zero-order valence-corrected chi connectivity index (χ0v) is 14.8. The van der Waals surface area contributed by atoms with E-state index in [2.05, 4.69) is 5.32 Å². The van der Waals surface area contributed by atoms with Crippen molar-refractivity contribution < 1.29 is 14.0 Å². The van der Waals surface area contributed by atoms with Gasteiger partial charge < -0.3 is 5.32 Å². The number of carbonyl (C=O) groups is 2. The van der Waals surface area contributed by atoms with E-state index in [0.29, 0.717) is 13.0 Å². The van der Waals surface area contributed by atoms with E-state index < -0.39 is 0 Å². The zero-order chi connectivity index (χ0) is 18.2. The molecule has 0 aliphatic heterocycles. The highest BCUT2D eigenvalue weighted by Gasteiger charge is 2.11. The summed E-state index contributed by atoms with van der Waals surface area (Å²) < 4.78 is 12.9. The molecule has 0 radical (unpaired) electrons. The number of amides is 1. The Labute approximate surface area is 148 Å². The lowest BCUT2D eigenvalue weighted by molar-refractivity contribution is -0.120. The van der Waals surface area contributed by atoms with Crippen molar-refractivity contribution in [2.75, 3.05) is 0 Å². The summed E-state index contributed by atoms with van der Waals surface area (Å²) in [6.07, 6.45) is 2.40. The van der Waals surface area contributed by atoms with E-state index in [0.717, 1.165) is 35.1 Å². The Hall–Kier alpha value is -2.49. The van der Waals surface area contributed by atoms with Gasteiger partial charge in [0.15, 0.2) is 5.78 Å². The van der Waals surface area contributed by atoms with E-state index in [-0.39, 0.29) is 23.9 Å². The van der Waals surface area contributed by atoms with E-state index in [1.807, 2.05) is 32.0 Å². The van der Waals surface area contributed by atoms with Crippen LogP contribution in [0, 0.1) is 5.82 Å². The van der Waals surface area contributed by atoms with Gasteiger partial charge in [0.2, 0.25) is 5.91 Å². The number of nitrogens with one attached hydrogen (secondary N) is 1. The molecule has 0 fully saturated rings. The van der Waals surface area contributed by atoms with E-state index >= 15 is 0 Å². The molecular formula is C21H24FNO2. The van der Waals surface area contributed by atoms with Crippen molar-refractivity contribution >= 4 is 11.7 Å². The molecule has 0 heterocycles. The van der Waals surface area contributed by atoms with Crippen LogP contribution in [-0.2, 0) is 24.2 Å². The number of aryl methyl sites for hydroxylation is 1. The van der Waals surface area contributed by atoms with Crippen molar-refractivity contribution in [2.24, 2.45) is 0 Å². The molecule has 0 saturated heterocycles. The topological polar surface area (TPSA) is 46.2 Å². The summed E-state index contributed by atoms with van der Waals surface area (Å²) >= 11 is 0.